The number of amides is 1. The van der Waals surface area contributed by atoms with Gasteiger partial charge in [0.2, 0.25) is 0 Å². The quantitative estimate of drug-likeness (QED) is 0.317. The molecule has 2 N–H and O–H groups in total. The number of phenolic OH excluding ortho intramolecular Hbond substituents is 2. The Kier molecular flexibility index (Phi) is 6.73. The number of nitrogens with zero attached hydrogens (tertiary/aromatic N) is 4. The summed E-state index contributed by atoms with van der Waals surface area (Å²) in [4.78, 5) is 28.1. The standard InChI is InChI=1S/C29H24N4O5/c1-37-26-13-23-24(14-27(26)38-2)31-17-32-28(23)19-5-7-20(8-6-19)33(16-18-4-3-11-30-15-18)29(36)22-10-9-21(34)12-25(22)35/h3-15,17,34-35H,16H2,1-2H3. The van der Waals surface area contributed by atoms with Crippen LogP contribution in [0.5, 0.6) is 23.0 Å². The minimum absolute atomic E-state index is 0.0682. The predicted octanol–water partition coefficient (Wildman–Crippen LogP) is 4.97. The third-order valence-corrected chi connectivity index (χ3v) is 6.11. The zero-order valence-corrected chi connectivity index (χ0v) is 20.7. The van der Waals surface area contributed by atoms with Crippen LogP contribution < -0.4 is 14.4 Å². The van der Waals surface area contributed by atoms with Gasteiger partial charge in [0.25, 0.3) is 5.91 Å². The molecule has 1 amide bonds. The van der Waals surface area contributed by atoms with Crippen molar-refractivity contribution in [3.8, 4) is 34.3 Å². The highest BCUT2D eigenvalue weighted by Gasteiger charge is 2.22. The highest BCUT2D eigenvalue weighted by Crippen LogP contribution is 2.36. The third-order valence-electron chi connectivity index (χ3n) is 6.11. The number of aromatic nitrogens is 3. The fraction of sp³-hybridized carbons (Fsp3) is 0.103. The minimum atomic E-state index is -0.427. The van der Waals surface area contributed by atoms with Gasteiger partial charge in [-0.25, -0.2) is 9.97 Å². The van der Waals surface area contributed by atoms with Crippen molar-refractivity contribution in [2.75, 3.05) is 19.1 Å². The van der Waals surface area contributed by atoms with E-state index in [4.69, 9.17) is 9.47 Å². The summed E-state index contributed by atoms with van der Waals surface area (Å²) in [6.45, 7) is 0.222. The lowest BCUT2D eigenvalue weighted by Gasteiger charge is -2.24. The predicted molar refractivity (Wildman–Crippen MR) is 143 cm³/mol. The van der Waals surface area contributed by atoms with Crippen molar-refractivity contribution in [2.45, 2.75) is 6.54 Å². The molecule has 190 valence electrons. The number of fused-ring (bicyclic) bond motifs is 1. The second-order valence-electron chi connectivity index (χ2n) is 8.45. The van der Waals surface area contributed by atoms with Crippen LogP contribution in [0, 0.1) is 0 Å². The molecule has 0 aliphatic carbocycles. The van der Waals surface area contributed by atoms with E-state index in [1.54, 1.807) is 43.6 Å². The Balaban J connectivity index is 1.55. The first-order chi connectivity index (χ1) is 18.5. The molecule has 38 heavy (non-hydrogen) atoms. The molecule has 0 unspecified atom stereocenters. The van der Waals surface area contributed by atoms with Gasteiger partial charge in [-0.1, -0.05) is 18.2 Å². The molecule has 9 heteroatoms. The van der Waals surface area contributed by atoms with Crippen LogP contribution in [0.2, 0.25) is 0 Å². The maximum absolute atomic E-state index is 13.6. The molecule has 0 aliphatic heterocycles. The van der Waals surface area contributed by atoms with Crippen molar-refractivity contribution in [3.63, 3.8) is 0 Å². The van der Waals surface area contributed by atoms with E-state index in [1.165, 1.54) is 18.5 Å². The lowest BCUT2D eigenvalue weighted by molar-refractivity contribution is 0.0982. The normalized spacial score (nSPS) is 10.8. The number of benzene rings is 3. The van der Waals surface area contributed by atoms with E-state index in [1.807, 2.05) is 36.4 Å². The van der Waals surface area contributed by atoms with Crippen LogP contribution in [0.25, 0.3) is 22.2 Å². The van der Waals surface area contributed by atoms with E-state index < -0.39 is 5.91 Å². The summed E-state index contributed by atoms with van der Waals surface area (Å²) in [6.07, 6.45) is 4.83. The number of rotatable bonds is 7. The maximum atomic E-state index is 13.6. The molecular formula is C29H24N4O5. The molecule has 2 heterocycles. The van der Waals surface area contributed by atoms with Gasteiger partial charge < -0.3 is 24.6 Å². The summed E-state index contributed by atoms with van der Waals surface area (Å²) in [5, 5.41) is 20.8. The van der Waals surface area contributed by atoms with E-state index in [0.717, 1.165) is 22.6 Å². The molecule has 0 saturated heterocycles. The second kappa shape index (κ2) is 10.4. The Labute approximate surface area is 218 Å². The molecule has 2 aromatic heterocycles. The second-order valence-corrected chi connectivity index (χ2v) is 8.45. The first kappa shape index (κ1) is 24.5. The molecule has 0 spiro atoms. The summed E-state index contributed by atoms with van der Waals surface area (Å²) >= 11 is 0. The van der Waals surface area contributed by atoms with Crippen LogP contribution >= 0.6 is 0 Å². The summed E-state index contributed by atoms with van der Waals surface area (Å²) in [6, 6.07) is 18.6. The van der Waals surface area contributed by atoms with Gasteiger partial charge in [-0.05, 0) is 42.0 Å². The summed E-state index contributed by atoms with van der Waals surface area (Å²) in [7, 11) is 3.14. The SMILES string of the molecule is COc1cc2ncnc(-c3ccc(N(Cc4cccnc4)C(=O)c4ccc(O)cc4O)cc3)c2cc1OC. The van der Waals surface area contributed by atoms with Crippen LogP contribution in [0.3, 0.4) is 0 Å². The molecule has 0 bridgehead atoms. The smallest absolute Gasteiger partial charge is 0.262 e. The highest BCUT2D eigenvalue weighted by atomic mass is 16.5. The largest absolute Gasteiger partial charge is 0.508 e. The third kappa shape index (κ3) is 4.77. The van der Waals surface area contributed by atoms with E-state index in [-0.39, 0.29) is 23.6 Å². The van der Waals surface area contributed by atoms with Gasteiger partial charge in [0.15, 0.2) is 11.5 Å². The summed E-state index contributed by atoms with van der Waals surface area (Å²) < 4.78 is 10.9. The van der Waals surface area contributed by atoms with Gasteiger partial charge in [0.1, 0.15) is 17.8 Å². The number of anilines is 1. The van der Waals surface area contributed by atoms with E-state index >= 15 is 0 Å². The first-order valence-corrected chi connectivity index (χ1v) is 11.7. The molecule has 0 fully saturated rings. The maximum Gasteiger partial charge on any atom is 0.262 e. The Morgan fingerprint density at radius 1 is 0.921 bits per heavy atom. The van der Waals surface area contributed by atoms with Gasteiger partial charge in [-0.2, -0.15) is 0 Å². The lowest BCUT2D eigenvalue weighted by atomic mass is 10.0. The van der Waals surface area contributed by atoms with Crippen LogP contribution in [0.4, 0.5) is 5.69 Å². The van der Waals surface area contributed by atoms with Crippen molar-refractivity contribution >= 4 is 22.5 Å². The van der Waals surface area contributed by atoms with Gasteiger partial charge in [-0.15, -0.1) is 0 Å². The topological polar surface area (TPSA) is 118 Å². The van der Waals surface area contributed by atoms with Crippen LogP contribution in [-0.2, 0) is 6.54 Å². The Morgan fingerprint density at radius 3 is 2.37 bits per heavy atom. The Morgan fingerprint density at radius 2 is 1.68 bits per heavy atom. The number of aromatic hydroxyl groups is 2. The molecule has 3 aromatic carbocycles. The molecule has 5 rings (SSSR count). The minimum Gasteiger partial charge on any atom is -0.508 e. The van der Waals surface area contributed by atoms with Crippen molar-refractivity contribution in [3.05, 3.63) is 96.6 Å². The van der Waals surface area contributed by atoms with E-state index in [2.05, 4.69) is 15.0 Å². The number of hydrogen-bond donors (Lipinski definition) is 2. The molecule has 0 aliphatic rings. The fourth-order valence-electron chi connectivity index (χ4n) is 4.21. The number of methoxy groups -OCH3 is 2. The molecule has 0 atom stereocenters. The number of carbonyl (C=O) groups excluding carboxylic acids is 1. The van der Waals surface area contributed by atoms with Crippen LogP contribution in [-0.4, -0.2) is 45.3 Å². The number of carbonyl (C=O) groups is 1. The van der Waals surface area contributed by atoms with Crippen molar-refractivity contribution in [1.29, 1.82) is 0 Å². The van der Waals surface area contributed by atoms with Crippen LogP contribution in [0.15, 0.2) is 85.5 Å². The van der Waals surface area contributed by atoms with Crippen molar-refractivity contribution in [1.82, 2.24) is 15.0 Å². The summed E-state index contributed by atoms with van der Waals surface area (Å²) in [5.41, 5.74) is 3.70. The molecule has 5 aromatic rings. The fourth-order valence-corrected chi connectivity index (χ4v) is 4.21. The zero-order valence-electron chi connectivity index (χ0n) is 20.7. The number of ether oxygens (including phenoxy) is 2. The van der Waals surface area contributed by atoms with Gasteiger partial charge in [0.05, 0.1) is 37.5 Å². The van der Waals surface area contributed by atoms with Crippen molar-refractivity contribution < 1.29 is 24.5 Å². The first-order valence-electron chi connectivity index (χ1n) is 11.7. The van der Waals surface area contributed by atoms with Gasteiger partial charge in [0, 0.05) is 41.2 Å². The number of pyridine rings is 1. The molecular weight excluding hydrogens is 484 g/mol. The van der Waals surface area contributed by atoms with Gasteiger partial charge >= 0.3 is 0 Å². The van der Waals surface area contributed by atoms with Crippen molar-refractivity contribution in [2.24, 2.45) is 0 Å². The number of hydrogen-bond acceptors (Lipinski definition) is 8. The van der Waals surface area contributed by atoms with Gasteiger partial charge in [-0.3, -0.25) is 9.78 Å². The Hall–Kier alpha value is -5.18. The molecule has 9 nitrogen and oxygen atoms in total. The number of phenols is 2. The van der Waals surface area contributed by atoms with Crippen LogP contribution in [0.1, 0.15) is 15.9 Å². The van der Waals surface area contributed by atoms with E-state index in [0.29, 0.717) is 28.4 Å². The lowest BCUT2D eigenvalue weighted by Crippen LogP contribution is -2.30. The molecule has 0 saturated carbocycles. The average Bonchev–Trinajstić information content (AvgIpc) is 2.95. The molecule has 0 radical (unpaired) electrons. The van der Waals surface area contributed by atoms with E-state index in [9.17, 15) is 15.0 Å². The Bertz CT molecular complexity index is 1610. The average molecular weight is 509 g/mol. The summed E-state index contributed by atoms with van der Waals surface area (Å²) in [5.74, 6) is 0.272. The monoisotopic (exact) mass is 508 g/mol. The highest BCUT2D eigenvalue weighted by molar-refractivity contribution is 6.08. The zero-order chi connectivity index (χ0) is 26.6.